The lowest BCUT2D eigenvalue weighted by Crippen LogP contribution is -2.41. The van der Waals surface area contributed by atoms with Crippen molar-refractivity contribution in [2.24, 2.45) is 0 Å². The summed E-state index contributed by atoms with van der Waals surface area (Å²) in [6.07, 6.45) is -0.793. The van der Waals surface area contributed by atoms with Crippen molar-refractivity contribution in [3.05, 3.63) is 60.2 Å². The zero-order valence-electron chi connectivity index (χ0n) is 14.3. The van der Waals surface area contributed by atoms with E-state index in [9.17, 15) is 13.5 Å². The molecule has 0 saturated heterocycles. The van der Waals surface area contributed by atoms with E-state index < -0.39 is 16.1 Å². The Morgan fingerprint density at radius 1 is 1.00 bits per heavy atom. The second kappa shape index (κ2) is 7.79. The molecule has 130 valence electrons. The Morgan fingerprint density at radius 2 is 1.67 bits per heavy atom. The smallest absolute Gasteiger partial charge is 0.264 e. The van der Waals surface area contributed by atoms with Crippen molar-refractivity contribution < 1.29 is 13.5 Å². The van der Waals surface area contributed by atoms with E-state index in [2.05, 4.69) is 0 Å². The van der Waals surface area contributed by atoms with Gasteiger partial charge in [-0.25, -0.2) is 8.42 Å². The number of benzene rings is 2. The topological polar surface area (TPSA) is 60.9 Å². The molecular weight excluding hydrogens is 324 g/mol. The molecule has 2 aromatic rings. The normalized spacial score (nSPS) is 13.0. The Hall–Kier alpha value is -1.89. The lowest BCUT2D eigenvalue weighted by atomic mass is 10.2. The summed E-state index contributed by atoms with van der Waals surface area (Å²) in [5.41, 5.74) is 1.51. The number of hydrogen-bond donors (Lipinski definition) is 1. The van der Waals surface area contributed by atoms with E-state index in [0.29, 0.717) is 12.2 Å². The van der Waals surface area contributed by atoms with Gasteiger partial charge in [-0.3, -0.25) is 4.31 Å². The molecule has 0 bridgehead atoms. The zero-order valence-corrected chi connectivity index (χ0v) is 15.1. The Bertz CT molecular complexity index is 761. The van der Waals surface area contributed by atoms with E-state index in [1.54, 1.807) is 36.4 Å². The van der Waals surface area contributed by atoms with Crippen molar-refractivity contribution >= 4 is 15.7 Å². The molecule has 1 atom stereocenters. The molecule has 0 fully saturated rings. The molecule has 0 radical (unpaired) electrons. The van der Waals surface area contributed by atoms with E-state index in [0.717, 1.165) is 5.56 Å². The third-order valence-electron chi connectivity index (χ3n) is 3.57. The first-order valence-corrected chi connectivity index (χ1v) is 9.22. The number of sulfonamides is 1. The minimum Gasteiger partial charge on any atom is -0.390 e. The van der Waals surface area contributed by atoms with Crippen LogP contribution in [0, 0.1) is 6.92 Å². The number of rotatable bonds is 7. The summed E-state index contributed by atoms with van der Waals surface area (Å²) in [4.78, 5) is 2.04. The summed E-state index contributed by atoms with van der Waals surface area (Å²) < 4.78 is 27.4. The number of anilines is 1. The first-order valence-electron chi connectivity index (χ1n) is 7.78. The molecule has 0 aromatic heterocycles. The molecule has 0 amide bonds. The maximum atomic E-state index is 13.1. The molecule has 0 aliphatic carbocycles. The van der Waals surface area contributed by atoms with Crippen LogP contribution in [0.25, 0.3) is 0 Å². The van der Waals surface area contributed by atoms with Crippen LogP contribution in [0.4, 0.5) is 5.69 Å². The van der Waals surface area contributed by atoms with Crippen LogP contribution in [0.15, 0.2) is 59.5 Å². The maximum Gasteiger partial charge on any atom is 0.264 e. The number of nitrogens with zero attached hydrogens (tertiary/aromatic N) is 2. The molecule has 0 saturated carbocycles. The Balaban J connectivity index is 2.43. The minimum atomic E-state index is -3.75. The van der Waals surface area contributed by atoms with Crippen molar-refractivity contribution in [1.82, 2.24) is 4.90 Å². The standard InChI is InChI=1S/C18H24N2O3S/c1-15-8-7-9-16(12-15)20(14-17(21)13-19(2)3)24(22,23)18-10-5-4-6-11-18/h4-12,17,21H,13-14H2,1-3H3/t17-/m0/s1. The Morgan fingerprint density at radius 3 is 2.25 bits per heavy atom. The van der Waals surface area contributed by atoms with Crippen molar-refractivity contribution in [2.75, 3.05) is 31.5 Å². The highest BCUT2D eigenvalue weighted by Crippen LogP contribution is 2.24. The third kappa shape index (κ3) is 4.56. The number of likely N-dealkylation sites (N-methyl/N-ethyl adjacent to an activating group) is 1. The van der Waals surface area contributed by atoms with Gasteiger partial charge in [0, 0.05) is 6.54 Å². The average Bonchev–Trinajstić information content (AvgIpc) is 2.52. The first-order chi connectivity index (χ1) is 11.3. The Labute approximate surface area is 144 Å². The maximum absolute atomic E-state index is 13.1. The lowest BCUT2D eigenvalue weighted by molar-refractivity contribution is 0.145. The van der Waals surface area contributed by atoms with Gasteiger partial charge >= 0.3 is 0 Å². The number of aryl methyl sites for hydroxylation is 1. The van der Waals surface area contributed by atoms with Gasteiger partial charge < -0.3 is 10.0 Å². The zero-order chi connectivity index (χ0) is 17.7. The number of aliphatic hydroxyl groups is 1. The summed E-state index contributed by atoms with van der Waals surface area (Å²) in [7, 11) is -0.0685. The SMILES string of the molecule is Cc1cccc(N(C[C@@H](O)CN(C)C)S(=O)(=O)c2ccccc2)c1. The quantitative estimate of drug-likeness (QED) is 0.832. The van der Waals surface area contributed by atoms with Crippen molar-refractivity contribution in [3.8, 4) is 0 Å². The molecular formula is C18H24N2O3S. The van der Waals surface area contributed by atoms with Gasteiger partial charge in [-0.2, -0.15) is 0 Å². The Kier molecular flexibility index (Phi) is 5.99. The summed E-state index contributed by atoms with van der Waals surface area (Å²) in [5, 5.41) is 10.3. The van der Waals surface area contributed by atoms with E-state index in [1.165, 1.54) is 4.31 Å². The summed E-state index contributed by atoms with van der Waals surface area (Å²) in [6.45, 7) is 2.29. The molecule has 0 aliphatic rings. The predicted octanol–water partition coefficient (Wildman–Crippen LogP) is 2.11. The van der Waals surface area contributed by atoms with Gasteiger partial charge in [-0.15, -0.1) is 0 Å². The van der Waals surface area contributed by atoms with Crippen LogP contribution in [0.2, 0.25) is 0 Å². The molecule has 6 heteroatoms. The molecule has 0 unspecified atom stereocenters. The summed E-state index contributed by atoms with van der Waals surface area (Å²) >= 11 is 0. The molecule has 0 aliphatic heterocycles. The van der Waals surface area contributed by atoms with Crippen molar-refractivity contribution in [3.63, 3.8) is 0 Å². The van der Waals surface area contributed by atoms with Gasteiger partial charge in [0.1, 0.15) is 0 Å². The average molecular weight is 348 g/mol. The van der Waals surface area contributed by atoms with Crippen LogP contribution in [0.1, 0.15) is 5.56 Å². The highest BCUT2D eigenvalue weighted by atomic mass is 32.2. The molecule has 0 spiro atoms. The molecule has 2 aromatic carbocycles. The largest absolute Gasteiger partial charge is 0.390 e. The van der Waals surface area contributed by atoms with E-state index in [4.69, 9.17) is 0 Å². The highest BCUT2D eigenvalue weighted by Gasteiger charge is 2.27. The first kappa shape index (κ1) is 18.4. The van der Waals surface area contributed by atoms with E-state index >= 15 is 0 Å². The van der Waals surface area contributed by atoms with Crippen molar-refractivity contribution in [2.45, 2.75) is 17.9 Å². The van der Waals surface area contributed by atoms with Crippen molar-refractivity contribution in [1.29, 1.82) is 0 Å². The van der Waals surface area contributed by atoms with Gasteiger partial charge in [0.2, 0.25) is 0 Å². The second-order valence-electron chi connectivity index (χ2n) is 6.10. The fourth-order valence-electron chi connectivity index (χ4n) is 2.52. The van der Waals surface area contributed by atoms with Crippen LogP contribution in [-0.2, 0) is 10.0 Å². The van der Waals surface area contributed by atoms with E-state index in [1.807, 2.05) is 44.1 Å². The molecule has 2 rings (SSSR count). The molecule has 5 nitrogen and oxygen atoms in total. The van der Waals surface area contributed by atoms with Gasteiger partial charge in [0.05, 0.1) is 23.2 Å². The fraction of sp³-hybridized carbons (Fsp3) is 0.333. The lowest BCUT2D eigenvalue weighted by Gasteiger charge is -2.28. The predicted molar refractivity (Wildman–Crippen MR) is 96.7 cm³/mol. The highest BCUT2D eigenvalue weighted by molar-refractivity contribution is 7.92. The molecule has 1 N–H and O–H groups in total. The van der Waals surface area contributed by atoms with Crippen LogP contribution >= 0.6 is 0 Å². The van der Waals surface area contributed by atoms with Gasteiger partial charge in [0.15, 0.2) is 0 Å². The molecule has 0 heterocycles. The van der Waals surface area contributed by atoms with Gasteiger partial charge in [-0.05, 0) is 50.8 Å². The summed E-state index contributed by atoms with van der Waals surface area (Å²) in [6, 6.07) is 15.6. The van der Waals surface area contributed by atoms with E-state index in [-0.39, 0.29) is 11.4 Å². The number of aliphatic hydroxyl groups excluding tert-OH is 1. The minimum absolute atomic E-state index is 0.00113. The third-order valence-corrected chi connectivity index (χ3v) is 5.38. The van der Waals surface area contributed by atoms with Gasteiger partial charge in [-0.1, -0.05) is 30.3 Å². The van der Waals surface area contributed by atoms with Crippen LogP contribution in [0.3, 0.4) is 0 Å². The van der Waals surface area contributed by atoms with Crippen LogP contribution < -0.4 is 4.31 Å². The second-order valence-corrected chi connectivity index (χ2v) is 7.97. The van der Waals surface area contributed by atoms with Gasteiger partial charge in [0.25, 0.3) is 10.0 Å². The fourth-order valence-corrected chi connectivity index (χ4v) is 4.03. The molecule has 24 heavy (non-hydrogen) atoms. The number of hydrogen-bond acceptors (Lipinski definition) is 4. The van der Waals surface area contributed by atoms with Crippen LogP contribution in [0.5, 0.6) is 0 Å². The monoisotopic (exact) mass is 348 g/mol. The summed E-state index contributed by atoms with van der Waals surface area (Å²) in [5.74, 6) is 0. The van der Waals surface area contributed by atoms with Crippen LogP contribution in [-0.4, -0.2) is 51.7 Å².